The molecule has 1 atom stereocenters. The summed E-state index contributed by atoms with van der Waals surface area (Å²) < 4.78 is 0. The highest BCUT2D eigenvalue weighted by molar-refractivity contribution is 6.30. The van der Waals surface area contributed by atoms with E-state index in [4.69, 9.17) is 17.3 Å². The van der Waals surface area contributed by atoms with E-state index in [-0.39, 0.29) is 5.92 Å². The summed E-state index contributed by atoms with van der Waals surface area (Å²) in [6.07, 6.45) is 5.89. The van der Waals surface area contributed by atoms with Gasteiger partial charge in [0, 0.05) is 29.2 Å². The molecule has 3 rings (SSSR count). The molecule has 1 aromatic heterocycles. The summed E-state index contributed by atoms with van der Waals surface area (Å²) >= 11 is 6.00. The number of nitrogens with zero attached hydrogens (tertiary/aromatic N) is 3. The summed E-state index contributed by atoms with van der Waals surface area (Å²) in [6.45, 7) is 0. The number of halogens is 1. The lowest BCUT2D eigenvalue weighted by atomic mass is 9.95. The number of nitrogens with one attached hydrogen (secondary N) is 1. The van der Waals surface area contributed by atoms with Gasteiger partial charge in [-0.15, -0.1) is 0 Å². The molecule has 2 aliphatic rings. The number of hydrogen-bond acceptors (Lipinski definition) is 5. The van der Waals surface area contributed by atoms with Crippen LogP contribution in [0.25, 0.3) is 5.57 Å². The molecular weight excluding hydrogens is 238 g/mol. The highest BCUT2D eigenvalue weighted by Gasteiger charge is 2.30. The Morgan fingerprint density at radius 1 is 1.47 bits per heavy atom. The van der Waals surface area contributed by atoms with Gasteiger partial charge in [0.05, 0.1) is 5.92 Å². The number of nitrogens with two attached hydrogens (primary N) is 1. The summed E-state index contributed by atoms with van der Waals surface area (Å²) in [5.41, 5.74) is 6.63. The van der Waals surface area contributed by atoms with Crippen molar-refractivity contribution in [3.63, 3.8) is 0 Å². The first-order valence-corrected chi connectivity index (χ1v) is 5.59. The average molecular weight is 248 g/mol. The number of allylic oxidation sites excluding steroid dienone is 1. The third kappa shape index (κ3) is 1.78. The number of aliphatic imine (C=N–C) groups is 1. The lowest BCUT2D eigenvalue weighted by molar-refractivity contribution is 0.853. The van der Waals surface area contributed by atoms with E-state index in [2.05, 4.69) is 20.3 Å². The van der Waals surface area contributed by atoms with E-state index >= 15 is 0 Å². The molecule has 17 heavy (non-hydrogen) atoms. The summed E-state index contributed by atoms with van der Waals surface area (Å²) in [5, 5.41) is 3.84. The van der Waals surface area contributed by atoms with Crippen LogP contribution >= 0.6 is 11.6 Å². The third-order valence-corrected chi connectivity index (χ3v) is 3.01. The molecule has 3 heterocycles. The minimum absolute atomic E-state index is 0.106. The van der Waals surface area contributed by atoms with Crippen LogP contribution in [0.3, 0.4) is 0 Å². The number of nitrogen functional groups attached to an aromatic ring is 1. The van der Waals surface area contributed by atoms with Crippen LogP contribution in [0.2, 0.25) is 0 Å². The topological polar surface area (TPSA) is 76.2 Å². The second kappa shape index (κ2) is 3.85. The second-order valence-corrected chi connectivity index (χ2v) is 4.38. The Kier molecular flexibility index (Phi) is 2.33. The SMILES string of the molecule is Nc1ccnc(C2=CNC3=NC=C(Cl)CC23)n1. The van der Waals surface area contributed by atoms with Crippen LogP contribution < -0.4 is 11.1 Å². The number of hydrogen-bond donors (Lipinski definition) is 2. The molecule has 86 valence electrons. The molecule has 5 nitrogen and oxygen atoms in total. The van der Waals surface area contributed by atoms with Crippen LogP contribution in [0, 0.1) is 5.92 Å². The van der Waals surface area contributed by atoms with E-state index in [0.717, 1.165) is 22.9 Å². The van der Waals surface area contributed by atoms with E-state index in [1.165, 1.54) is 0 Å². The van der Waals surface area contributed by atoms with Crippen molar-refractivity contribution < 1.29 is 0 Å². The van der Waals surface area contributed by atoms with E-state index in [9.17, 15) is 0 Å². The summed E-state index contributed by atoms with van der Waals surface area (Å²) in [4.78, 5) is 12.7. The van der Waals surface area contributed by atoms with Crippen molar-refractivity contribution in [1.82, 2.24) is 15.3 Å². The van der Waals surface area contributed by atoms with E-state index in [1.54, 1.807) is 18.5 Å². The minimum atomic E-state index is 0.106. The van der Waals surface area contributed by atoms with Crippen molar-refractivity contribution in [2.45, 2.75) is 6.42 Å². The molecule has 0 amide bonds. The number of fused-ring (bicyclic) bond motifs is 1. The molecule has 1 aromatic rings. The highest BCUT2D eigenvalue weighted by Crippen LogP contribution is 2.34. The first kappa shape index (κ1) is 10.3. The zero-order chi connectivity index (χ0) is 11.8. The maximum Gasteiger partial charge on any atom is 0.159 e. The Balaban J connectivity index is 1.97. The van der Waals surface area contributed by atoms with Crippen LogP contribution in [0.1, 0.15) is 12.2 Å². The third-order valence-electron chi connectivity index (χ3n) is 2.76. The molecule has 0 aromatic carbocycles. The molecule has 3 N–H and O–H groups in total. The van der Waals surface area contributed by atoms with Gasteiger partial charge in [-0.05, 0) is 12.5 Å². The predicted octanol–water partition coefficient (Wildman–Crippen LogP) is 1.50. The van der Waals surface area contributed by atoms with Gasteiger partial charge in [0.1, 0.15) is 11.7 Å². The Bertz CT molecular complexity index is 561. The van der Waals surface area contributed by atoms with E-state index in [0.29, 0.717) is 11.6 Å². The lowest BCUT2D eigenvalue weighted by Crippen LogP contribution is -2.22. The smallest absolute Gasteiger partial charge is 0.159 e. The minimum Gasteiger partial charge on any atom is -0.384 e. The molecule has 0 radical (unpaired) electrons. The van der Waals surface area contributed by atoms with Crippen molar-refractivity contribution in [1.29, 1.82) is 0 Å². The standard InChI is InChI=1S/C11H10ClN5/c12-6-3-7-8(5-16-10(7)15-4-6)11-14-2-1-9(13)17-11/h1-2,4-5,7H,3H2,(H,15,16)(H2,13,14,17). The molecule has 1 unspecified atom stereocenters. The number of anilines is 1. The molecule has 0 bridgehead atoms. The van der Waals surface area contributed by atoms with Crippen LogP contribution in [-0.4, -0.2) is 15.8 Å². The van der Waals surface area contributed by atoms with Gasteiger partial charge < -0.3 is 11.1 Å². The van der Waals surface area contributed by atoms with Gasteiger partial charge in [0.25, 0.3) is 0 Å². The largest absolute Gasteiger partial charge is 0.384 e. The monoisotopic (exact) mass is 247 g/mol. The quantitative estimate of drug-likeness (QED) is 0.789. The van der Waals surface area contributed by atoms with Crippen molar-refractivity contribution in [3.05, 3.63) is 35.5 Å². The average Bonchev–Trinajstić information content (AvgIpc) is 2.71. The lowest BCUT2D eigenvalue weighted by Gasteiger charge is -2.16. The molecule has 0 saturated heterocycles. The van der Waals surface area contributed by atoms with Gasteiger partial charge in [0.15, 0.2) is 5.82 Å². The van der Waals surface area contributed by atoms with Crippen LogP contribution in [-0.2, 0) is 0 Å². The van der Waals surface area contributed by atoms with Crippen LogP contribution in [0.15, 0.2) is 34.7 Å². The van der Waals surface area contributed by atoms with Gasteiger partial charge in [-0.3, -0.25) is 0 Å². The molecule has 0 spiro atoms. The van der Waals surface area contributed by atoms with Crippen LogP contribution in [0.5, 0.6) is 0 Å². The van der Waals surface area contributed by atoms with Crippen LogP contribution in [0.4, 0.5) is 5.82 Å². The molecule has 2 aliphatic heterocycles. The number of rotatable bonds is 1. The Morgan fingerprint density at radius 2 is 2.35 bits per heavy atom. The second-order valence-electron chi connectivity index (χ2n) is 3.90. The van der Waals surface area contributed by atoms with E-state index < -0.39 is 0 Å². The predicted molar refractivity (Wildman–Crippen MR) is 67.0 cm³/mol. The Morgan fingerprint density at radius 3 is 3.18 bits per heavy atom. The maximum atomic E-state index is 6.00. The normalized spacial score (nSPS) is 22.2. The zero-order valence-electron chi connectivity index (χ0n) is 8.89. The number of aromatic nitrogens is 2. The van der Waals surface area contributed by atoms with Gasteiger partial charge in [0.2, 0.25) is 0 Å². The van der Waals surface area contributed by atoms with Crippen molar-refractivity contribution in [2.75, 3.05) is 5.73 Å². The van der Waals surface area contributed by atoms with E-state index in [1.807, 2.05) is 6.20 Å². The zero-order valence-corrected chi connectivity index (χ0v) is 9.65. The van der Waals surface area contributed by atoms with Gasteiger partial charge in [-0.2, -0.15) is 0 Å². The summed E-state index contributed by atoms with van der Waals surface area (Å²) in [7, 11) is 0. The highest BCUT2D eigenvalue weighted by atomic mass is 35.5. The molecule has 0 saturated carbocycles. The van der Waals surface area contributed by atoms with Gasteiger partial charge >= 0.3 is 0 Å². The van der Waals surface area contributed by atoms with Gasteiger partial charge in [-0.1, -0.05) is 11.6 Å². The summed E-state index contributed by atoms with van der Waals surface area (Å²) in [6, 6.07) is 1.66. The molecular formula is C11H10ClN5. The molecule has 0 fully saturated rings. The van der Waals surface area contributed by atoms with Crippen molar-refractivity contribution in [3.8, 4) is 0 Å². The fourth-order valence-electron chi connectivity index (χ4n) is 1.95. The van der Waals surface area contributed by atoms with Gasteiger partial charge in [-0.25, -0.2) is 15.0 Å². The first-order chi connectivity index (χ1) is 8.24. The Hall–Kier alpha value is -1.88. The summed E-state index contributed by atoms with van der Waals surface area (Å²) in [5.74, 6) is 2.07. The number of amidine groups is 1. The first-order valence-electron chi connectivity index (χ1n) is 5.22. The molecule has 0 aliphatic carbocycles. The maximum absolute atomic E-state index is 6.00. The van der Waals surface area contributed by atoms with Crippen molar-refractivity contribution >= 4 is 28.8 Å². The fourth-order valence-corrected chi connectivity index (χ4v) is 2.16. The van der Waals surface area contributed by atoms with Crippen molar-refractivity contribution in [2.24, 2.45) is 10.9 Å². The Labute approximate surface area is 103 Å². The molecule has 6 heteroatoms. The fraction of sp³-hybridized carbons (Fsp3) is 0.182.